The van der Waals surface area contributed by atoms with Gasteiger partial charge in [0.2, 0.25) is 11.9 Å². The number of benzene rings is 2. The van der Waals surface area contributed by atoms with Gasteiger partial charge in [0.25, 0.3) is 5.91 Å². The minimum absolute atomic E-state index is 0.0323. The summed E-state index contributed by atoms with van der Waals surface area (Å²) in [7, 11) is 1.47. The van der Waals surface area contributed by atoms with Crippen LogP contribution >= 0.6 is 0 Å². The van der Waals surface area contributed by atoms with E-state index in [1.165, 1.54) is 25.3 Å². The van der Waals surface area contributed by atoms with Crippen molar-refractivity contribution >= 4 is 34.7 Å². The van der Waals surface area contributed by atoms with E-state index in [-0.39, 0.29) is 66.0 Å². The molecule has 4 fully saturated rings. The van der Waals surface area contributed by atoms with Crippen LogP contribution in [0, 0.1) is 18.2 Å². The molecular formula is C37H43F2N7O6. The van der Waals surface area contributed by atoms with Crippen molar-refractivity contribution < 1.29 is 37.3 Å². The van der Waals surface area contributed by atoms with Crippen LogP contribution in [0.2, 0.25) is 0 Å². The van der Waals surface area contributed by atoms with E-state index in [4.69, 9.17) is 25.4 Å². The SMILES string of the molecule is C#Cc1c(F)ccc2cc(OCOC)cc(C(=O)Nc3nc(OC[C@@]45CCCN4C[C@H](F)C5)nc(N4CC5CCC(C4)N5C(=O)OC(C)(C)C)n3)c12. The molecule has 3 aromatic rings. The first kappa shape index (κ1) is 35.6. The van der Waals surface area contributed by atoms with Crippen molar-refractivity contribution in [3.63, 3.8) is 0 Å². The second-order valence-corrected chi connectivity index (χ2v) is 14.9. The number of methoxy groups -OCH3 is 1. The molecule has 4 aliphatic heterocycles. The van der Waals surface area contributed by atoms with Crippen molar-refractivity contribution in [3.8, 4) is 24.1 Å². The molecule has 2 amide bonds. The Bertz CT molecular complexity index is 1900. The monoisotopic (exact) mass is 719 g/mol. The quantitative estimate of drug-likeness (QED) is 0.239. The van der Waals surface area contributed by atoms with Crippen molar-refractivity contribution in [3.05, 3.63) is 41.2 Å². The highest BCUT2D eigenvalue weighted by molar-refractivity contribution is 6.14. The lowest BCUT2D eigenvalue weighted by Crippen LogP contribution is -2.57. The van der Waals surface area contributed by atoms with E-state index in [1.54, 1.807) is 11.0 Å². The van der Waals surface area contributed by atoms with E-state index in [0.29, 0.717) is 37.2 Å². The van der Waals surface area contributed by atoms with Crippen LogP contribution in [0.25, 0.3) is 10.8 Å². The summed E-state index contributed by atoms with van der Waals surface area (Å²) in [6.45, 7) is 7.58. The van der Waals surface area contributed by atoms with Crippen molar-refractivity contribution in [2.24, 2.45) is 0 Å². The number of rotatable bonds is 9. The Labute approximate surface area is 301 Å². The molecule has 2 unspecified atom stereocenters. The van der Waals surface area contributed by atoms with Gasteiger partial charge in [-0.2, -0.15) is 15.0 Å². The summed E-state index contributed by atoms with van der Waals surface area (Å²) in [5.74, 6) is 1.47. The molecule has 0 aliphatic carbocycles. The summed E-state index contributed by atoms with van der Waals surface area (Å²) in [5, 5.41) is 3.45. The van der Waals surface area contributed by atoms with Crippen LogP contribution < -0.4 is 19.7 Å². The van der Waals surface area contributed by atoms with Gasteiger partial charge in [-0.1, -0.05) is 12.0 Å². The van der Waals surface area contributed by atoms with Gasteiger partial charge in [-0.25, -0.2) is 13.6 Å². The average molecular weight is 720 g/mol. The van der Waals surface area contributed by atoms with Crippen LogP contribution in [-0.4, -0.2) is 113 Å². The van der Waals surface area contributed by atoms with Gasteiger partial charge in [0, 0.05) is 38.6 Å². The van der Waals surface area contributed by atoms with Crippen molar-refractivity contribution in [2.75, 3.05) is 56.9 Å². The van der Waals surface area contributed by atoms with E-state index in [1.807, 2.05) is 25.7 Å². The first-order valence-electron chi connectivity index (χ1n) is 17.6. The Kier molecular flexibility index (Phi) is 9.56. The third-order valence-electron chi connectivity index (χ3n) is 10.2. The maximum atomic E-state index is 14.9. The number of halogens is 2. The number of nitrogens with zero attached hydrogens (tertiary/aromatic N) is 6. The van der Waals surface area contributed by atoms with Crippen LogP contribution in [0.1, 0.15) is 68.8 Å². The number of ether oxygens (including phenoxy) is 4. The predicted octanol–water partition coefficient (Wildman–Crippen LogP) is 4.92. The predicted molar refractivity (Wildman–Crippen MR) is 188 cm³/mol. The third-order valence-corrected chi connectivity index (χ3v) is 10.2. The lowest BCUT2D eigenvalue weighted by atomic mass is 9.95. The van der Waals surface area contributed by atoms with Gasteiger partial charge in [0.1, 0.15) is 29.9 Å². The molecule has 15 heteroatoms. The number of carbonyl (C=O) groups excluding carboxylic acids is 2. The summed E-state index contributed by atoms with van der Waals surface area (Å²) < 4.78 is 52.1. The topological polar surface area (TPSA) is 131 Å². The van der Waals surface area contributed by atoms with E-state index >= 15 is 0 Å². The minimum atomic E-state index is -0.944. The smallest absolute Gasteiger partial charge is 0.410 e. The molecule has 4 saturated heterocycles. The number of hydrogen-bond acceptors (Lipinski definition) is 11. The van der Waals surface area contributed by atoms with Crippen LogP contribution in [0.5, 0.6) is 11.8 Å². The second kappa shape index (κ2) is 14.0. The summed E-state index contributed by atoms with van der Waals surface area (Å²) in [6.07, 6.45) is 8.04. The first-order valence-corrected chi connectivity index (χ1v) is 17.6. The number of hydrogen-bond donors (Lipinski definition) is 1. The Morgan fingerprint density at radius 1 is 1.10 bits per heavy atom. The molecule has 0 radical (unpaired) electrons. The molecule has 5 heterocycles. The molecule has 2 bridgehead atoms. The molecule has 4 atom stereocenters. The number of carbonyl (C=O) groups is 2. The first-order chi connectivity index (χ1) is 24.9. The molecule has 0 spiro atoms. The fourth-order valence-corrected chi connectivity index (χ4v) is 8.05. The van der Waals surface area contributed by atoms with Crippen LogP contribution in [0.4, 0.5) is 25.5 Å². The maximum absolute atomic E-state index is 14.9. The van der Waals surface area contributed by atoms with Crippen LogP contribution in [0.15, 0.2) is 24.3 Å². The van der Waals surface area contributed by atoms with Crippen molar-refractivity contribution in [1.82, 2.24) is 24.8 Å². The van der Waals surface area contributed by atoms with Gasteiger partial charge in [0.05, 0.1) is 28.7 Å². The number of terminal acetylenes is 1. The zero-order valence-corrected chi connectivity index (χ0v) is 29.8. The molecule has 1 N–H and O–H groups in total. The Morgan fingerprint density at radius 3 is 2.58 bits per heavy atom. The van der Waals surface area contributed by atoms with Crippen molar-refractivity contribution in [2.45, 2.75) is 82.3 Å². The van der Waals surface area contributed by atoms with E-state index < -0.39 is 29.0 Å². The number of anilines is 2. The zero-order valence-electron chi connectivity index (χ0n) is 29.8. The maximum Gasteiger partial charge on any atom is 0.410 e. The summed E-state index contributed by atoms with van der Waals surface area (Å²) in [6, 6.07) is 5.51. The third kappa shape index (κ3) is 7.01. The molecule has 13 nitrogen and oxygen atoms in total. The number of aromatic nitrogens is 3. The van der Waals surface area contributed by atoms with Crippen molar-refractivity contribution in [1.29, 1.82) is 0 Å². The van der Waals surface area contributed by atoms with Crippen LogP contribution in [-0.2, 0) is 9.47 Å². The highest BCUT2D eigenvalue weighted by Crippen LogP contribution is 2.41. The van der Waals surface area contributed by atoms with Crippen LogP contribution in [0.3, 0.4) is 0 Å². The van der Waals surface area contributed by atoms with E-state index in [2.05, 4.69) is 31.1 Å². The van der Waals surface area contributed by atoms with E-state index in [9.17, 15) is 18.4 Å². The fraction of sp³-hybridized carbons (Fsp3) is 0.541. The lowest BCUT2D eigenvalue weighted by Gasteiger charge is -2.41. The molecule has 2 aromatic carbocycles. The Hall–Kier alpha value is -4.81. The fourth-order valence-electron chi connectivity index (χ4n) is 8.05. The molecule has 52 heavy (non-hydrogen) atoms. The number of fused-ring (bicyclic) bond motifs is 4. The molecule has 0 saturated carbocycles. The van der Waals surface area contributed by atoms with E-state index in [0.717, 1.165) is 32.2 Å². The average Bonchev–Trinajstić information content (AvgIpc) is 3.71. The standard InChI is InChI=1S/C37H43F2N7O6/c1-6-27-29(39)11-8-22-14-26(51-21-49-5)15-28(30(22)27)31(47)40-32-41-33(43-34(42-32)50-20-37-12-7-13-45(37)17-23(38)16-37)44-18-24-9-10-25(19-44)46(24)35(48)52-36(2,3)4/h1,8,11,14-15,23-25H,7,9-10,12-13,16-21H2,2-5H3,(H,40,41,42,43,47)/t23-,24?,25?,37+/m1/s1. The number of nitrogens with one attached hydrogen (secondary N) is 1. The normalized spacial score (nSPS) is 24.1. The van der Waals surface area contributed by atoms with Gasteiger partial charge in [0.15, 0.2) is 6.79 Å². The molecule has 1 aromatic heterocycles. The highest BCUT2D eigenvalue weighted by Gasteiger charge is 2.50. The van der Waals surface area contributed by atoms with Gasteiger partial charge in [-0.05, 0) is 76.6 Å². The second-order valence-electron chi connectivity index (χ2n) is 14.9. The molecule has 4 aliphatic rings. The lowest BCUT2D eigenvalue weighted by molar-refractivity contribution is 0.0122. The number of piperazine rings is 1. The highest BCUT2D eigenvalue weighted by atomic mass is 19.1. The van der Waals surface area contributed by atoms with Gasteiger partial charge in [-0.15, -0.1) is 6.42 Å². The number of alkyl halides is 1. The minimum Gasteiger partial charge on any atom is -0.468 e. The molecule has 7 rings (SSSR count). The van der Waals surface area contributed by atoms with Gasteiger partial charge >= 0.3 is 12.1 Å². The summed E-state index contributed by atoms with van der Waals surface area (Å²) in [4.78, 5) is 46.9. The summed E-state index contributed by atoms with van der Waals surface area (Å²) >= 11 is 0. The van der Waals surface area contributed by atoms with Gasteiger partial charge in [-0.3, -0.25) is 19.9 Å². The molecule has 276 valence electrons. The zero-order chi connectivity index (χ0) is 36.8. The largest absolute Gasteiger partial charge is 0.468 e. The Morgan fingerprint density at radius 2 is 1.87 bits per heavy atom. The Balaban J connectivity index is 1.21. The summed E-state index contributed by atoms with van der Waals surface area (Å²) in [5.41, 5.74) is -1.15. The number of amides is 2. The van der Waals surface area contributed by atoms with Gasteiger partial charge < -0.3 is 23.8 Å². The molecular weight excluding hydrogens is 676 g/mol.